The highest BCUT2D eigenvalue weighted by Gasteiger charge is 2.41. The molecule has 2 fully saturated rings. The summed E-state index contributed by atoms with van der Waals surface area (Å²) >= 11 is 0. The fraction of sp³-hybridized carbons (Fsp3) is 1.00. The Morgan fingerprint density at radius 2 is 1.74 bits per heavy atom. The molecule has 2 nitrogen and oxygen atoms in total. The second kappa shape index (κ2) is 6.44. The molecule has 1 aliphatic heterocycles. The van der Waals surface area contributed by atoms with Crippen molar-refractivity contribution in [2.45, 2.75) is 63.2 Å². The lowest BCUT2D eigenvalue weighted by Gasteiger charge is -2.35. The van der Waals surface area contributed by atoms with Crippen molar-refractivity contribution in [1.82, 2.24) is 10.2 Å². The second-order valence-corrected chi connectivity index (χ2v) is 6.13. The Hall–Kier alpha value is -0.290. The molecule has 0 aromatic rings. The molecular weight excluding hydrogens is 253 g/mol. The SMILES string of the molecule is CN1CCCCC1CNC1CCC(C(F)(F)F)CC1. The lowest BCUT2D eigenvalue weighted by molar-refractivity contribution is -0.182. The van der Waals surface area contributed by atoms with E-state index in [0.717, 1.165) is 13.1 Å². The van der Waals surface area contributed by atoms with Gasteiger partial charge in [-0.15, -0.1) is 0 Å². The molecule has 0 spiro atoms. The van der Waals surface area contributed by atoms with Gasteiger partial charge in [0.1, 0.15) is 0 Å². The molecule has 0 bridgehead atoms. The molecule has 0 radical (unpaired) electrons. The Morgan fingerprint density at radius 3 is 2.32 bits per heavy atom. The summed E-state index contributed by atoms with van der Waals surface area (Å²) in [6.45, 7) is 2.07. The van der Waals surface area contributed by atoms with Crippen LogP contribution < -0.4 is 5.32 Å². The number of rotatable bonds is 3. The van der Waals surface area contributed by atoms with Gasteiger partial charge in [0.15, 0.2) is 0 Å². The molecular formula is C14H25F3N2. The van der Waals surface area contributed by atoms with E-state index in [-0.39, 0.29) is 6.04 Å². The molecule has 2 aliphatic rings. The summed E-state index contributed by atoms with van der Waals surface area (Å²) in [5.41, 5.74) is 0. The van der Waals surface area contributed by atoms with Gasteiger partial charge in [-0.2, -0.15) is 13.2 Å². The topological polar surface area (TPSA) is 15.3 Å². The van der Waals surface area contributed by atoms with Crippen LogP contribution >= 0.6 is 0 Å². The van der Waals surface area contributed by atoms with E-state index in [1.54, 1.807) is 0 Å². The summed E-state index contributed by atoms with van der Waals surface area (Å²) < 4.78 is 37.7. The van der Waals surface area contributed by atoms with Gasteiger partial charge in [0.25, 0.3) is 0 Å². The van der Waals surface area contributed by atoms with Gasteiger partial charge in [0.05, 0.1) is 5.92 Å². The highest BCUT2D eigenvalue weighted by molar-refractivity contribution is 4.83. The first kappa shape index (κ1) is 15.1. The first-order valence-electron chi connectivity index (χ1n) is 7.47. The van der Waals surface area contributed by atoms with Crippen molar-refractivity contribution in [3.8, 4) is 0 Å². The van der Waals surface area contributed by atoms with Gasteiger partial charge in [-0.05, 0) is 52.1 Å². The highest BCUT2D eigenvalue weighted by Crippen LogP contribution is 2.37. The number of halogens is 3. The minimum absolute atomic E-state index is 0.286. The fourth-order valence-corrected chi connectivity index (χ4v) is 3.33. The molecule has 0 aromatic heterocycles. The molecule has 1 saturated carbocycles. The van der Waals surface area contributed by atoms with Crippen LogP contribution in [0.15, 0.2) is 0 Å². The van der Waals surface area contributed by atoms with Gasteiger partial charge in [-0.25, -0.2) is 0 Å². The Kier molecular flexibility index (Phi) is 5.12. The van der Waals surface area contributed by atoms with Crippen molar-refractivity contribution in [3.63, 3.8) is 0 Å². The third-order valence-corrected chi connectivity index (χ3v) is 4.75. The zero-order chi connectivity index (χ0) is 13.9. The zero-order valence-corrected chi connectivity index (χ0v) is 11.7. The van der Waals surface area contributed by atoms with Crippen LogP contribution in [-0.4, -0.2) is 43.3 Å². The van der Waals surface area contributed by atoms with E-state index in [4.69, 9.17) is 0 Å². The summed E-state index contributed by atoms with van der Waals surface area (Å²) in [6, 6.07) is 0.850. The molecule has 0 aromatic carbocycles. The largest absolute Gasteiger partial charge is 0.391 e. The van der Waals surface area contributed by atoms with Crippen LogP contribution in [0.2, 0.25) is 0 Å². The van der Waals surface area contributed by atoms with Gasteiger partial charge >= 0.3 is 6.18 Å². The first-order valence-corrected chi connectivity index (χ1v) is 7.47. The summed E-state index contributed by atoms with van der Waals surface area (Å²) in [6.07, 6.45) is 1.68. The van der Waals surface area contributed by atoms with Crippen LogP contribution in [0.3, 0.4) is 0 Å². The van der Waals surface area contributed by atoms with Crippen molar-refractivity contribution < 1.29 is 13.2 Å². The van der Waals surface area contributed by atoms with Crippen LogP contribution in [0, 0.1) is 5.92 Å². The number of piperidine rings is 1. The van der Waals surface area contributed by atoms with Crippen molar-refractivity contribution in [2.75, 3.05) is 20.1 Å². The van der Waals surface area contributed by atoms with Crippen molar-refractivity contribution in [2.24, 2.45) is 5.92 Å². The quantitative estimate of drug-likeness (QED) is 0.853. The average molecular weight is 278 g/mol. The number of likely N-dealkylation sites (N-methyl/N-ethyl adjacent to an activating group) is 1. The van der Waals surface area contributed by atoms with Gasteiger partial charge in [0, 0.05) is 18.6 Å². The lowest BCUT2D eigenvalue weighted by Crippen LogP contribution is -2.46. The maximum absolute atomic E-state index is 12.6. The number of likely N-dealkylation sites (tertiary alicyclic amines) is 1. The second-order valence-electron chi connectivity index (χ2n) is 6.13. The molecule has 0 amide bonds. The molecule has 1 heterocycles. The zero-order valence-electron chi connectivity index (χ0n) is 11.7. The third kappa shape index (κ3) is 4.35. The van der Waals surface area contributed by atoms with Crippen molar-refractivity contribution in [1.29, 1.82) is 0 Å². The monoisotopic (exact) mass is 278 g/mol. The van der Waals surface area contributed by atoms with Gasteiger partial charge < -0.3 is 10.2 Å². The van der Waals surface area contributed by atoms with Gasteiger partial charge in [-0.3, -0.25) is 0 Å². The normalized spacial score (nSPS) is 34.4. The van der Waals surface area contributed by atoms with E-state index in [0.29, 0.717) is 31.7 Å². The van der Waals surface area contributed by atoms with Crippen molar-refractivity contribution in [3.05, 3.63) is 0 Å². The summed E-state index contributed by atoms with van der Waals surface area (Å²) in [5.74, 6) is -1.07. The summed E-state index contributed by atoms with van der Waals surface area (Å²) in [5, 5.41) is 3.48. The molecule has 1 unspecified atom stereocenters. The summed E-state index contributed by atoms with van der Waals surface area (Å²) in [4.78, 5) is 2.37. The third-order valence-electron chi connectivity index (χ3n) is 4.75. The molecule has 19 heavy (non-hydrogen) atoms. The summed E-state index contributed by atoms with van der Waals surface area (Å²) in [7, 11) is 2.14. The molecule has 1 N–H and O–H groups in total. The van der Waals surface area contributed by atoms with E-state index in [1.807, 2.05) is 0 Å². The van der Waals surface area contributed by atoms with E-state index >= 15 is 0 Å². The molecule has 1 atom stereocenters. The Bertz CT molecular complexity index is 272. The average Bonchev–Trinajstić information content (AvgIpc) is 2.37. The number of alkyl halides is 3. The first-order chi connectivity index (χ1) is 8.97. The molecule has 112 valence electrons. The van der Waals surface area contributed by atoms with E-state index in [1.165, 1.54) is 19.3 Å². The van der Waals surface area contributed by atoms with Crippen LogP contribution in [0.1, 0.15) is 44.9 Å². The van der Waals surface area contributed by atoms with Crippen LogP contribution in [-0.2, 0) is 0 Å². The van der Waals surface area contributed by atoms with Gasteiger partial charge in [-0.1, -0.05) is 6.42 Å². The maximum atomic E-state index is 12.6. The Balaban J connectivity index is 1.68. The Morgan fingerprint density at radius 1 is 1.05 bits per heavy atom. The predicted octanol–water partition coefficient (Wildman–Crippen LogP) is 3.18. The number of hydrogen-bond acceptors (Lipinski definition) is 2. The highest BCUT2D eigenvalue weighted by atomic mass is 19.4. The minimum Gasteiger partial charge on any atom is -0.312 e. The molecule has 2 rings (SSSR count). The predicted molar refractivity (Wildman–Crippen MR) is 70.1 cm³/mol. The van der Waals surface area contributed by atoms with E-state index in [2.05, 4.69) is 17.3 Å². The van der Waals surface area contributed by atoms with Crippen molar-refractivity contribution >= 4 is 0 Å². The molecule has 1 aliphatic carbocycles. The smallest absolute Gasteiger partial charge is 0.312 e. The van der Waals surface area contributed by atoms with Crippen LogP contribution in [0.5, 0.6) is 0 Å². The minimum atomic E-state index is -3.99. The number of hydrogen-bond donors (Lipinski definition) is 1. The number of nitrogens with zero attached hydrogens (tertiary/aromatic N) is 1. The van der Waals surface area contributed by atoms with E-state index in [9.17, 15) is 13.2 Å². The Labute approximate surface area is 113 Å². The van der Waals surface area contributed by atoms with Gasteiger partial charge in [0.2, 0.25) is 0 Å². The maximum Gasteiger partial charge on any atom is 0.391 e. The molecule has 1 saturated heterocycles. The fourth-order valence-electron chi connectivity index (χ4n) is 3.33. The standard InChI is InChI=1S/C14H25F3N2/c1-19-9-3-2-4-13(19)10-18-12-7-5-11(6-8-12)14(15,16)17/h11-13,18H,2-10H2,1H3. The molecule has 5 heteroatoms. The van der Waals surface area contributed by atoms with Crippen LogP contribution in [0.4, 0.5) is 13.2 Å². The van der Waals surface area contributed by atoms with Crippen LogP contribution in [0.25, 0.3) is 0 Å². The lowest BCUT2D eigenvalue weighted by atomic mass is 9.85. The number of nitrogens with one attached hydrogen (secondary N) is 1. The van der Waals surface area contributed by atoms with E-state index < -0.39 is 12.1 Å².